The van der Waals surface area contributed by atoms with Gasteiger partial charge in [-0.2, -0.15) is 5.26 Å². The molecule has 0 atom stereocenters. The molecule has 3 heteroatoms. The summed E-state index contributed by atoms with van der Waals surface area (Å²) in [4.78, 5) is 0. The molecule has 0 fully saturated rings. The second kappa shape index (κ2) is 2.59. The number of hydrogen-bond donors (Lipinski definition) is 1. The maximum Gasteiger partial charge on any atom is 0.124 e. The summed E-state index contributed by atoms with van der Waals surface area (Å²) in [6.45, 7) is 1.83. The van der Waals surface area contributed by atoms with Crippen LogP contribution < -0.4 is 5.49 Å². The molecule has 3 nitrogen and oxygen atoms in total. The molecule has 0 aliphatic rings. The smallest absolute Gasteiger partial charge is 0.124 e. The van der Waals surface area contributed by atoms with Crippen LogP contribution in [0.5, 0.6) is 0 Å². The van der Waals surface area contributed by atoms with Crippen LogP contribution in [0.1, 0.15) is 11.1 Å². The van der Waals surface area contributed by atoms with Gasteiger partial charge in [0.05, 0.1) is 5.56 Å². The van der Waals surface area contributed by atoms with E-state index in [4.69, 9.17) is 10.7 Å². The van der Waals surface area contributed by atoms with E-state index in [1.54, 1.807) is 23.9 Å². The van der Waals surface area contributed by atoms with E-state index in [0.717, 1.165) is 5.56 Å². The lowest BCUT2D eigenvalue weighted by Crippen LogP contribution is -2.16. The standard InChI is InChI=1S/C8H9N3/c1-6-3-8(10)11(2)5-7(6)4-9/h3,5,10H,1-2H3. The maximum atomic E-state index is 8.61. The van der Waals surface area contributed by atoms with Crippen molar-refractivity contribution in [1.82, 2.24) is 4.57 Å². The molecule has 0 saturated carbocycles. The van der Waals surface area contributed by atoms with Crippen LogP contribution in [-0.2, 0) is 7.05 Å². The third kappa shape index (κ3) is 1.30. The summed E-state index contributed by atoms with van der Waals surface area (Å²) in [7, 11) is 1.75. The van der Waals surface area contributed by atoms with Crippen molar-refractivity contribution in [2.45, 2.75) is 6.92 Å². The van der Waals surface area contributed by atoms with E-state index < -0.39 is 0 Å². The largest absolute Gasteiger partial charge is 0.335 e. The highest BCUT2D eigenvalue weighted by atomic mass is 14.9. The summed E-state index contributed by atoms with van der Waals surface area (Å²) >= 11 is 0. The molecule has 0 amide bonds. The molecule has 0 aliphatic carbocycles. The molecular formula is C8H9N3. The molecule has 1 N–H and O–H groups in total. The second-order valence-corrected chi connectivity index (χ2v) is 2.48. The van der Waals surface area contributed by atoms with E-state index in [0.29, 0.717) is 11.1 Å². The molecular weight excluding hydrogens is 138 g/mol. The molecule has 0 bridgehead atoms. The molecule has 1 heterocycles. The average Bonchev–Trinajstić information content (AvgIpc) is 1.97. The van der Waals surface area contributed by atoms with E-state index in [1.165, 1.54) is 0 Å². The van der Waals surface area contributed by atoms with E-state index in [1.807, 2.05) is 6.92 Å². The van der Waals surface area contributed by atoms with Crippen LogP contribution in [0, 0.1) is 23.7 Å². The van der Waals surface area contributed by atoms with E-state index in [-0.39, 0.29) is 0 Å². The molecule has 1 aromatic heterocycles. The lowest BCUT2D eigenvalue weighted by Gasteiger charge is -2.00. The summed E-state index contributed by atoms with van der Waals surface area (Å²) in [5, 5.41) is 16.0. The number of aryl methyl sites for hydroxylation is 2. The minimum atomic E-state index is 0.418. The van der Waals surface area contributed by atoms with Gasteiger partial charge in [0.15, 0.2) is 0 Å². The molecule has 11 heavy (non-hydrogen) atoms. The van der Waals surface area contributed by atoms with E-state index >= 15 is 0 Å². The molecule has 0 radical (unpaired) electrons. The SMILES string of the molecule is Cc1cc(=N)n(C)cc1C#N. The van der Waals surface area contributed by atoms with Gasteiger partial charge >= 0.3 is 0 Å². The first-order chi connectivity index (χ1) is 5.15. The summed E-state index contributed by atoms with van der Waals surface area (Å²) in [5.41, 5.74) is 1.90. The number of rotatable bonds is 0. The van der Waals surface area contributed by atoms with Crippen LogP contribution in [-0.4, -0.2) is 4.57 Å². The first kappa shape index (κ1) is 7.55. The van der Waals surface area contributed by atoms with Gasteiger partial charge in [-0.1, -0.05) is 0 Å². The Bertz CT molecular complexity index is 368. The molecule has 1 rings (SSSR count). The zero-order valence-electron chi connectivity index (χ0n) is 6.55. The molecule has 0 spiro atoms. The predicted octanol–water partition coefficient (Wildman–Crippen LogP) is 0.685. The highest BCUT2D eigenvalue weighted by molar-refractivity contribution is 5.33. The Kier molecular flexibility index (Phi) is 1.77. The number of pyridine rings is 1. The maximum absolute atomic E-state index is 8.61. The van der Waals surface area contributed by atoms with Gasteiger partial charge in [0, 0.05) is 13.2 Å². The quantitative estimate of drug-likeness (QED) is 0.576. The lowest BCUT2D eigenvalue weighted by molar-refractivity contribution is 0.810. The molecule has 56 valence electrons. The third-order valence-electron chi connectivity index (χ3n) is 1.60. The van der Waals surface area contributed by atoms with Gasteiger partial charge in [-0.15, -0.1) is 0 Å². The van der Waals surface area contributed by atoms with E-state index in [2.05, 4.69) is 6.07 Å². The number of aromatic nitrogens is 1. The summed E-state index contributed by atoms with van der Waals surface area (Å²) in [6, 6.07) is 3.74. The molecule has 0 unspecified atom stereocenters. The Hall–Kier alpha value is -1.56. The van der Waals surface area contributed by atoms with Gasteiger partial charge in [-0.3, -0.25) is 5.41 Å². The van der Waals surface area contributed by atoms with Gasteiger partial charge < -0.3 is 4.57 Å². The second-order valence-electron chi connectivity index (χ2n) is 2.48. The molecule has 0 aliphatic heterocycles. The van der Waals surface area contributed by atoms with Crippen LogP contribution in [0.2, 0.25) is 0 Å². The summed E-state index contributed by atoms with van der Waals surface area (Å²) < 4.78 is 1.62. The van der Waals surface area contributed by atoms with Crippen LogP contribution in [0.3, 0.4) is 0 Å². The normalized spacial score (nSPS) is 9.18. The van der Waals surface area contributed by atoms with Crippen LogP contribution in [0.25, 0.3) is 0 Å². The first-order valence-corrected chi connectivity index (χ1v) is 3.27. The fraction of sp³-hybridized carbons (Fsp3) is 0.250. The minimum absolute atomic E-state index is 0.418. The Morgan fingerprint density at radius 1 is 1.64 bits per heavy atom. The lowest BCUT2D eigenvalue weighted by atomic mass is 10.2. The Balaban J connectivity index is 3.47. The van der Waals surface area contributed by atoms with Crippen molar-refractivity contribution in [3.63, 3.8) is 0 Å². The monoisotopic (exact) mass is 147 g/mol. The Morgan fingerprint density at radius 2 is 2.27 bits per heavy atom. The van der Waals surface area contributed by atoms with Crippen molar-refractivity contribution in [1.29, 1.82) is 10.7 Å². The third-order valence-corrected chi connectivity index (χ3v) is 1.60. The summed E-state index contributed by atoms with van der Waals surface area (Å²) in [6.07, 6.45) is 1.66. The number of nitriles is 1. The van der Waals surface area contributed by atoms with Crippen molar-refractivity contribution in [2.75, 3.05) is 0 Å². The highest BCUT2D eigenvalue weighted by Gasteiger charge is 1.96. The Morgan fingerprint density at radius 3 is 2.82 bits per heavy atom. The minimum Gasteiger partial charge on any atom is -0.335 e. The molecule has 0 aromatic carbocycles. The number of hydrogen-bond acceptors (Lipinski definition) is 2. The van der Waals surface area contributed by atoms with Crippen molar-refractivity contribution in [2.24, 2.45) is 7.05 Å². The Labute approximate surface area is 65.0 Å². The average molecular weight is 147 g/mol. The zero-order chi connectivity index (χ0) is 8.43. The van der Waals surface area contributed by atoms with Crippen molar-refractivity contribution >= 4 is 0 Å². The van der Waals surface area contributed by atoms with Gasteiger partial charge in [0.25, 0.3) is 0 Å². The van der Waals surface area contributed by atoms with Gasteiger partial charge in [0.1, 0.15) is 11.6 Å². The predicted molar refractivity (Wildman–Crippen MR) is 40.7 cm³/mol. The van der Waals surface area contributed by atoms with Gasteiger partial charge in [-0.05, 0) is 18.6 Å². The fourth-order valence-electron chi connectivity index (χ4n) is 0.867. The highest BCUT2D eigenvalue weighted by Crippen LogP contribution is 2.00. The van der Waals surface area contributed by atoms with Gasteiger partial charge in [0.2, 0.25) is 0 Å². The molecule has 1 aromatic rings. The first-order valence-electron chi connectivity index (χ1n) is 3.27. The van der Waals surface area contributed by atoms with E-state index in [9.17, 15) is 0 Å². The summed E-state index contributed by atoms with van der Waals surface area (Å²) in [5.74, 6) is 0. The number of nitrogens with one attached hydrogen (secondary N) is 1. The van der Waals surface area contributed by atoms with Crippen LogP contribution in [0.15, 0.2) is 12.3 Å². The van der Waals surface area contributed by atoms with Crippen molar-refractivity contribution in [3.05, 3.63) is 28.9 Å². The van der Waals surface area contributed by atoms with Crippen LogP contribution >= 0.6 is 0 Å². The topological polar surface area (TPSA) is 52.6 Å². The zero-order valence-corrected chi connectivity index (χ0v) is 6.55. The van der Waals surface area contributed by atoms with Crippen molar-refractivity contribution < 1.29 is 0 Å². The van der Waals surface area contributed by atoms with Crippen LogP contribution in [0.4, 0.5) is 0 Å². The molecule has 0 saturated heterocycles. The fourth-order valence-corrected chi connectivity index (χ4v) is 0.867. The van der Waals surface area contributed by atoms with Crippen molar-refractivity contribution in [3.8, 4) is 6.07 Å². The van der Waals surface area contributed by atoms with Gasteiger partial charge in [-0.25, -0.2) is 0 Å². The number of nitrogens with zero attached hydrogens (tertiary/aromatic N) is 2.